The van der Waals surface area contributed by atoms with Gasteiger partial charge in [-0.25, -0.2) is 0 Å². The normalized spacial score (nSPS) is 10.8. The minimum absolute atomic E-state index is 0.0881. The van der Waals surface area contributed by atoms with Crippen LogP contribution in [0, 0.1) is 10.1 Å². The average molecular weight is 298 g/mol. The summed E-state index contributed by atoms with van der Waals surface area (Å²) in [6.45, 7) is 0.739. The van der Waals surface area contributed by atoms with Crippen molar-refractivity contribution in [3.05, 3.63) is 69.8 Å². The van der Waals surface area contributed by atoms with Crippen molar-refractivity contribution >= 4 is 23.5 Å². The first kappa shape index (κ1) is 15.7. The van der Waals surface area contributed by atoms with Gasteiger partial charge in [-0.1, -0.05) is 24.3 Å². The van der Waals surface area contributed by atoms with Gasteiger partial charge in [0.15, 0.2) is 0 Å². The van der Waals surface area contributed by atoms with Crippen molar-refractivity contribution in [2.75, 3.05) is 18.2 Å². The zero-order chi connectivity index (χ0) is 15.9. The Morgan fingerprint density at radius 3 is 1.77 bits per heavy atom. The van der Waals surface area contributed by atoms with Crippen molar-refractivity contribution in [1.29, 1.82) is 0 Å². The molecule has 0 saturated carbocycles. The molecule has 0 atom stereocenters. The van der Waals surface area contributed by atoms with Crippen molar-refractivity contribution in [1.82, 2.24) is 0 Å². The summed E-state index contributed by atoms with van der Waals surface area (Å²) < 4.78 is 0. The lowest BCUT2D eigenvalue weighted by Crippen LogP contribution is -2.34. The third-order valence-corrected chi connectivity index (χ3v) is 3.27. The molecule has 0 aliphatic carbocycles. The van der Waals surface area contributed by atoms with Crippen molar-refractivity contribution in [3.8, 4) is 0 Å². The molecule has 0 spiro atoms. The fraction of sp³-hybridized carbons (Fsp3) is 0.125. The van der Waals surface area contributed by atoms with Gasteiger partial charge in [0.2, 0.25) is 0 Å². The Morgan fingerprint density at radius 1 is 0.909 bits per heavy atom. The second-order valence-electron chi connectivity index (χ2n) is 4.68. The summed E-state index contributed by atoms with van der Waals surface area (Å²) in [7, 11) is 0. The first-order valence-electron chi connectivity index (χ1n) is 6.81. The maximum absolute atomic E-state index is 10.6. The molecule has 6 heteroatoms. The highest BCUT2D eigenvalue weighted by Gasteiger charge is 2.03. The molecule has 2 rings (SSSR count). The van der Waals surface area contributed by atoms with E-state index in [0.29, 0.717) is 13.3 Å². The van der Waals surface area contributed by atoms with Crippen molar-refractivity contribution in [2.45, 2.75) is 0 Å². The van der Waals surface area contributed by atoms with E-state index < -0.39 is 4.92 Å². The van der Waals surface area contributed by atoms with Gasteiger partial charge in [-0.2, -0.15) is 0 Å². The Kier molecular flexibility index (Phi) is 5.24. The Hall–Kier alpha value is -2.70. The van der Waals surface area contributed by atoms with Crippen LogP contribution < -0.4 is 16.4 Å². The topological polar surface area (TPSA) is 98.4 Å². The molecule has 0 aromatic heterocycles. The zero-order valence-electron chi connectivity index (χ0n) is 12.1. The van der Waals surface area contributed by atoms with Crippen molar-refractivity contribution in [2.24, 2.45) is 11.5 Å². The van der Waals surface area contributed by atoms with Crippen LogP contribution in [0.2, 0.25) is 0 Å². The van der Waals surface area contributed by atoms with Crippen LogP contribution in [0.5, 0.6) is 0 Å². The van der Waals surface area contributed by atoms with Gasteiger partial charge in [0.05, 0.1) is 18.3 Å². The molecule has 4 N–H and O–H groups in total. The highest BCUT2D eigenvalue weighted by atomic mass is 16.6. The van der Waals surface area contributed by atoms with Gasteiger partial charge in [-0.15, -0.1) is 0 Å². The lowest BCUT2D eigenvalue weighted by atomic mass is 10.1. The summed E-state index contributed by atoms with van der Waals surface area (Å²) in [5.41, 5.74) is 14.2. The summed E-state index contributed by atoms with van der Waals surface area (Å²) in [6, 6.07) is 14.3. The maximum Gasteiger partial charge on any atom is 0.269 e. The Balaban J connectivity index is 2.08. The third-order valence-electron chi connectivity index (χ3n) is 3.27. The molecule has 0 heterocycles. The quantitative estimate of drug-likeness (QED) is 0.369. The standard InChI is InChI=1S/C16H18N4O2/c17-11-19(12-18)15-7-3-13(4-8-15)1-2-14-5-9-16(10-6-14)20(21)22/h1-10H,11-12,17-18H2. The first-order valence-corrected chi connectivity index (χ1v) is 6.81. The van der Waals surface area contributed by atoms with Crippen molar-refractivity contribution < 1.29 is 4.92 Å². The number of rotatable bonds is 6. The van der Waals surface area contributed by atoms with E-state index >= 15 is 0 Å². The Bertz CT molecular complexity index is 647. The molecule has 0 saturated heterocycles. The summed E-state index contributed by atoms with van der Waals surface area (Å²) in [6.07, 6.45) is 3.85. The van der Waals surface area contributed by atoms with Crippen LogP contribution in [0.4, 0.5) is 11.4 Å². The summed E-state index contributed by atoms with van der Waals surface area (Å²) >= 11 is 0. The molecule has 2 aromatic rings. The molecular formula is C16H18N4O2. The van der Waals surface area contributed by atoms with Crippen LogP contribution >= 0.6 is 0 Å². The average Bonchev–Trinajstić information content (AvgIpc) is 2.55. The van der Waals surface area contributed by atoms with Gasteiger partial charge < -0.3 is 16.4 Å². The fourth-order valence-corrected chi connectivity index (χ4v) is 1.98. The predicted octanol–water partition coefficient (Wildman–Crippen LogP) is 2.40. The van der Waals surface area contributed by atoms with Crippen LogP contribution in [0.15, 0.2) is 48.5 Å². The predicted molar refractivity (Wildman–Crippen MR) is 89.1 cm³/mol. The number of hydrogen-bond donors (Lipinski definition) is 2. The zero-order valence-corrected chi connectivity index (χ0v) is 12.1. The summed E-state index contributed by atoms with van der Waals surface area (Å²) in [5, 5.41) is 10.6. The van der Waals surface area contributed by atoms with Gasteiger partial charge in [-0.3, -0.25) is 10.1 Å². The van der Waals surface area contributed by atoms with E-state index in [0.717, 1.165) is 16.8 Å². The van der Waals surface area contributed by atoms with Gasteiger partial charge in [0, 0.05) is 17.8 Å². The van der Waals surface area contributed by atoms with Crippen LogP contribution in [0.1, 0.15) is 11.1 Å². The molecule has 0 unspecified atom stereocenters. The van der Waals surface area contributed by atoms with Crippen molar-refractivity contribution in [3.63, 3.8) is 0 Å². The number of non-ortho nitro benzene ring substituents is 1. The van der Waals surface area contributed by atoms with Gasteiger partial charge in [0.25, 0.3) is 5.69 Å². The first-order chi connectivity index (χ1) is 10.6. The molecule has 2 aromatic carbocycles. The molecule has 22 heavy (non-hydrogen) atoms. The van der Waals surface area contributed by atoms with E-state index in [1.165, 1.54) is 12.1 Å². The van der Waals surface area contributed by atoms with Gasteiger partial charge in [-0.05, 0) is 35.4 Å². The van der Waals surface area contributed by atoms with Crippen LogP contribution in [-0.4, -0.2) is 18.3 Å². The molecule has 0 fully saturated rings. The third kappa shape index (κ3) is 3.91. The summed E-state index contributed by atoms with van der Waals surface area (Å²) in [4.78, 5) is 12.0. The Morgan fingerprint density at radius 2 is 1.36 bits per heavy atom. The molecule has 114 valence electrons. The van der Waals surface area contributed by atoms with Crippen LogP contribution in [0.25, 0.3) is 12.2 Å². The van der Waals surface area contributed by atoms with Crippen LogP contribution in [0.3, 0.4) is 0 Å². The van der Waals surface area contributed by atoms with E-state index in [2.05, 4.69) is 0 Å². The Labute approximate surface area is 128 Å². The minimum atomic E-state index is -0.410. The van der Waals surface area contributed by atoms with E-state index in [4.69, 9.17) is 11.5 Å². The molecule has 0 radical (unpaired) electrons. The molecule has 0 amide bonds. The fourth-order valence-electron chi connectivity index (χ4n) is 1.98. The maximum atomic E-state index is 10.6. The van der Waals surface area contributed by atoms with Gasteiger partial charge in [0.1, 0.15) is 0 Å². The molecule has 6 nitrogen and oxygen atoms in total. The molecule has 0 bridgehead atoms. The number of nitro benzene ring substituents is 1. The number of nitrogens with two attached hydrogens (primary N) is 2. The van der Waals surface area contributed by atoms with Gasteiger partial charge >= 0.3 is 0 Å². The summed E-state index contributed by atoms with van der Waals surface area (Å²) in [5.74, 6) is 0. The molecule has 0 aliphatic rings. The lowest BCUT2D eigenvalue weighted by molar-refractivity contribution is -0.384. The number of hydrogen-bond acceptors (Lipinski definition) is 5. The number of nitrogens with zero attached hydrogens (tertiary/aromatic N) is 2. The second-order valence-corrected chi connectivity index (χ2v) is 4.68. The SMILES string of the molecule is NCN(CN)c1ccc(C=Cc2ccc([N+](=O)[O-])cc2)cc1. The smallest absolute Gasteiger partial charge is 0.269 e. The van der Waals surface area contributed by atoms with E-state index in [1.54, 1.807) is 12.1 Å². The number of benzene rings is 2. The molecular weight excluding hydrogens is 280 g/mol. The van der Waals surface area contributed by atoms with E-state index in [1.807, 2.05) is 41.3 Å². The number of anilines is 1. The highest BCUT2D eigenvalue weighted by Crippen LogP contribution is 2.17. The van der Waals surface area contributed by atoms with Crippen LogP contribution in [-0.2, 0) is 0 Å². The minimum Gasteiger partial charge on any atom is -0.346 e. The molecule has 0 aliphatic heterocycles. The van der Waals surface area contributed by atoms with E-state index in [9.17, 15) is 10.1 Å². The number of nitro groups is 1. The monoisotopic (exact) mass is 298 g/mol. The lowest BCUT2D eigenvalue weighted by Gasteiger charge is -2.20. The second kappa shape index (κ2) is 7.35. The van der Waals surface area contributed by atoms with E-state index in [-0.39, 0.29) is 5.69 Å². The largest absolute Gasteiger partial charge is 0.346 e. The highest BCUT2D eigenvalue weighted by molar-refractivity contribution is 5.70.